The Hall–Kier alpha value is -1.55. The molecule has 2 heterocycles. The van der Waals surface area contributed by atoms with Gasteiger partial charge < -0.3 is 10.1 Å². The number of hydrogen-bond acceptors (Lipinski definition) is 3. The maximum absolute atomic E-state index is 5.83. The van der Waals surface area contributed by atoms with Gasteiger partial charge in [0.2, 0.25) is 0 Å². The summed E-state index contributed by atoms with van der Waals surface area (Å²) in [5.41, 5.74) is 1.14. The number of hydrogen-bond donors (Lipinski definition) is 1. The van der Waals surface area contributed by atoms with Gasteiger partial charge in [0.15, 0.2) is 0 Å². The Morgan fingerprint density at radius 3 is 3.29 bits per heavy atom. The Kier molecular flexibility index (Phi) is 2.73. The highest BCUT2D eigenvalue weighted by Gasteiger charge is 2.14. The van der Waals surface area contributed by atoms with Crippen LogP contribution in [-0.2, 0) is 7.05 Å². The molecule has 1 atom stereocenters. The molecule has 1 N–H and O–H groups in total. The molecule has 1 unspecified atom stereocenters. The summed E-state index contributed by atoms with van der Waals surface area (Å²) in [6.45, 7) is 3.00. The molecule has 4 heteroatoms. The van der Waals surface area contributed by atoms with Crippen LogP contribution in [0.3, 0.4) is 0 Å². The minimum atomic E-state index is 0.652. The molecule has 1 aliphatic rings. The van der Waals surface area contributed by atoms with E-state index in [-0.39, 0.29) is 0 Å². The molecule has 0 bridgehead atoms. The lowest BCUT2D eigenvalue weighted by atomic mass is 10.1. The van der Waals surface area contributed by atoms with Gasteiger partial charge in [0.05, 0.1) is 18.3 Å². The normalized spacial score (nSPS) is 19.9. The van der Waals surface area contributed by atoms with E-state index in [4.69, 9.17) is 4.74 Å². The van der Waals surface area contributed by atoms with Crippen molar-refractivity contribution in [1.82, 2.24) is 15.1 Å². The van der Waals surface area contributed by atoms with E-state index in [1.807, 2.05) is 24.0 Å². The average molecular weight is 231 g/mol. The zero-order valence-electron chi connectivity index (χ0n) is 10.0. The number of rotatable bonds is 3. The third-order valence-corrected chi connectivity index (χ3v) is 3.37. The number of nitrogens with zero attached hydrogens (tertiary/aromatic N) is 2. The largest absolute Gasteiger partial charge is 0.493 e. The van der Waals surface area contributed by atoms with E-state index in [2.05, 4.69) is 22.5 Å². The summed E-state index contributed by atoms with van der Waals surface area (Å²) in [6, 6.07) is 6.14. The number of nitrogens with one attached hydrogen (secondary N) is 1. The van der Waals surface area contributed by atoms with E-state index >= 15 is 0 Å². The van der Waals surface area contributed by atoms with Crippen LogP contribution in [-0.4, -0.2) is 29.5 Å². The molecule has 0 spiro atoms. The van der Waals surface area contributed by atoms with Crippen molar-refractivity contribution in [2.45, 2.75) is 6.42 Å². The van der Waals surface area contributed by atoms with E-state index in [1.165, 1.54) is 6.42 Å². The first kappa shape index (κ1) is 10.6. The van der Waals surface area contributed by atoms with Gasteiger partial charge in [-0.1, -0.05) is 0 Å². The van der Waals surface area contributed by atoms with Gasteiger partial charge in [-0.3, -0.25) is 4.68 Å². The maximum atomic E-state index is 5.83. The average Bonchev–Trinajstić information content (AvgIpc) is 2.97. The highest BCUT2D eigenvalue weighted by atomic mass is 16.5. The van der Waals surface area contributed by atoms with Crippen LogP contribution in [0.1, 0.15) is 6.42 Å². The molecule has 1 fully saturated rings. The van der Waals surface area contributed by atoms with Crippen molar-refractivity contribution in [3.63, 3.8) is 0 Å². The van der Waals surface area contributed by atoms with Gasteiger partial charge in [-0.25, -0.2) is 0 Å². The summed E-state index contributed by atoms with van der Waals surface area (Å²) in [5, 5.41) is 8.71. The number of fused-ring (bicyclic) bond motifs is 1. The molecular formula is C13H17N3O. The Bertz CT molecular complexity index is 514. The lowest BCUT2D eigenvalue weighted by Crippen LogP contribution is -2.15. The fraction of sp³-hybridized carbons (Fsp3) is 0.462. The van der Waals surface area contributed by atoms with E-state index in [1.54, 1.807) is 0 Å². The summed E-state index contributed by atoms with van der Waals surface area (Å²) in [7, 11) is 1.95. The number of ether oxygens (including phenoxy) is 1. The van der Waals surface area contributed by atoms with Crippen LogP contribution in [0.2, 0.25) is 0 Å². The molecule has 3 rings (SSSR count). The number of benzene rings is 1. The van der Waals surface area contributed by atoms with E-state index in [9.17, 15) is 0 Å². The minimum absolute atomic E-state index is 0.652. The summed E-state index contributed by atoms with van der Waals surface area (Å²) in [6.07, 6.45) is 3.09. The highest BCUT2D eigenvalue weighted by molar-refractivity contribution is 5.80. The molecule has 2 aromatic rings. The molecule has 0 saturated carbocycles. The molecule has 1 aliphatic heterocycles. The monoisotopic (exact) mass is 231 g/mol. The maximum Gasteiger partial charge on any atom is 0.120 e. The first-order valence-corrected chi connectivity index (χ1v) is 6.08. The number of aromatic nitrogens is 2. The summed E-state index contributed by atoms with van der Waals surface area (Å²) in [4.78, 5) is 0. The third kappa shape index (κ3) is 2.13. The molecule has 1 aromatic carbocycles. The Morgan fingerprint density at radius 1 is 1.53 bits per heavy atom. The van der Waals surface area contributed by atoms with E-state index < -0.39 is 0 Å². The van der Waals surface area contributed by atoms with Crippen LogP contribution < -0.4 is 10.1 Å². The van der Waals surface area contributed by atoms with E-state index in [0.29, 0.717) is 5.92 Å². The number of aryl methyl sites for hydroxylation is 1. The van der Waals surface area contributed by atoms with Gasteiger partial charge in [0, 0.05) is 24.9 Å². The fourth-order valence-electron chi connectivity index (χ4n) is 2.30. The lowest BCUT2D eigenvalue weighted by molar-refractivity contribution is 0.260. The SMILES string of the molecule is Cn1ncc2cc(OCC3CCNC3)ccc21. The van der Waals surface area contributed by atoms with Crippen molar-refractivity contribution in [1.29, 1.82) is 0 Å². The van der Waals surface area contributed by atoms with Gasteiger partial charge in [-0.05, 0) is 31.2 Å². The molecule has 4 nitrogen and oxygen atoms in total. The highest BCUT2D eigenvalue weighted by Crippen LogP contribution is 2.21. The molecule has 0 amide bonds. The van der Waals surface area contributed by atoms with Crippen molar-refractivity contribution < 1.29 is 4.74 Å². The van der Waals surface area contributed by atoms with Crippen molar-refractivity contribution in [3.05, 3.63) is 24.4 Å². The topological polar surface area (TPSA) is 39.1 Å². The van der Waals surface area contributed by atoms with Crippen LogP contribution in [0.25, 0.3) is 10.9 Å². The van der Waals surface area contributed by atoms with Crippen molar-refractivity contribution in [3.8, 4) is 5.75 Å². The zero-order chi connectivity index (χ0) is 11.7. The molecule has 0 radical (unpaired) electrons. The minimum Gasteiger partial charge on any atom is -0.493 e. The lowest BCUT2D eigenvalue weighted by Gasteiger charge is -2.10. The third-order valence-electron chi connectivity index (χ3n) is 3.37. The second-order valence-corrected chi connectivity index (χ2v) is 4.66. The zero-order valence-corrected chi connectivity index (χ0v) is 10.0. The quantitative estimate of drug-likeness (QED) is 0.871. The first-order chi connectivity index (χ1) is 8.33. The van der Waals surface area contributed by atoms with Crippen LogP contribution in [0.4, 0.5) is 0 Å². The van der Waals surface area contributed by atoms with Crippen LogP contribution in [0, 0.1) is 5.92 Å². The summed E-state index contributed by atoms with van der Waals surface area (Å²) < 4.78 is 7.71. The van der Waals surface area contributed by atoms with Crippen LogP contribution in [0.15, 0.2) is 24.4 Å². The van der Waals surface area contributed by atoms with Gasteiger partial charge in [-0.15, -0.1) is 0 Å². The Labute approximate surface area is 101 Å². The van der Waals surface area contributed by atoms with Gasteiger partial charge in [-0.2, -0.15) is 5.10 Å². The van der Waals surface area contributed by atoms with Crippen molar-refractivity contribution in [2.24, 2.45) is 13.0 Å². The summed E-state index contributed by atoms with van der Waals surface area (Å²) in [5.74, 6) is 1.59. The second kappa shape index (κ2) is 4.37. The molecule has 1 saturated heterocycles. The van der Waals surface area contributed by atoms with Crippen LogP contribution >= 0.6 is 0 Å². The van der Waals surface area contributed by atoms with Crippen molar-refractivity contribution in [2.75, 3.05) is 19.7 Å². The van der Waals surface area contributed by atoms with Gasteiger partial charge in [0.25, 0.3) is 0 Å². The Morgan fingerprint density at radius 2 is 2.47 bits per heavy atom. The predicted molar refractivity (Wildman–Crippen MR) is 67.2 cm³/mol. The summed E-state index contributed by atoms with van der Waals surface area (Å²) >= 11 is 0. The van der Waals surface area contributed by atoms with Gasteiger partial charge in [0.1, 0.15) is 5.75 Å². The fourth-order valence-corrected chi connectivity index (χ4v) is 2.30. The second-order valence-electron chi connectivity index (χ2n) is 4.66. The molecular weight excluding hydrogens is 214 g/mol. The molecule has 17 heavy (non-hydrogen) atoms. The Balaban J connectivity index is 1.72. The molecule has 90 valence electrons. The standard InChI is InChI=1S/C13H17N3O/c1-16-13-3-2-12(6-11(13)8-15-16)17-9-10-4-5-14-7-10/h2-3,6,8,10,14H,4-5,7,9H2,1H3. The van der Waals surface area contributed by atoms with Crippen molar-refractivity contribution >= 4 is 10.9 Å². The smallest absolute Gasteiger partial charge is 0.120 e. The van der Waals surface area contributed by atoms with Gasteiger partial charge >= 0.3 is 0 Å². The van der Waals surface area contributed by atoms with Crippen LogP contribution in [0.5, 0.6) is 5.75 Å². The molecule has 0 aliphatic carbocycles. The van der Waals surface area contributed by atoms with E-state index in [0.717, 1.165) is 36.3 Å². The first-order valence-electron chi connectivity index (χ1n) is 6.08. The molecule has 1 aromatic heterocycles. The predicted octanol–water partition coefficient (Wildman–Crippen LogP) is 1.56.